The summed E-state index contributed by atoms with van der Waals surface area (Å²) in [5.41, 5.74) is 3.47. The van der Waals surface area contributed by atoms with Crippen molar-refractivity contribution in [3.63, 3.8) is 0 Å². The van der Waals surface area contributed by atoms with Crippen LogP contribution in [0.1, 0.15) is 15.9 Å². The lowest BCUT2D eigenvalue weighted by atomic mass is 10.1. The summed E-state index contributed by atoms with van der Waals surface area (Å²) in [5.74, 6) is 0. The van der Waals surface area contributed by atoms with E-state index < -0.39 is 4.92 Å². The van der Waals surface area contributed by atoms with Gasteiger partial charge in [-0.15, -0.1) is 0 Å². The van der Waals surface area contributed by atoms with Gasteiger partial charge in [0, 0.05) is 35.7 Å². The quantitative estimate of drug-likeness (QED) is 0.420. The Morgan fingerprint density at radius 3 is 2.81 bits per heavy atom. The molecule has 1 aromatic carbocycles. The van der Waals surface area contributed by atoms with Crippen LogP contribution >= 0.6 is 0 Å². The minimum absolute atomic E-state index is 0.0230. The number of rotatable bonds is 3. The van der Waals surface area contributed by atoms with Gasteiger partial charge in [0.2, 0.25) is 0 Å². The van der Waals surface area contributed by atoms with E-state index in [4.69, 9.17) is 0 Å². The third-order valence-corrected chi connectivity index (χ3v) is 3.25. The summed E-state index contributed by atoms with van der Waals surface area (Å²) in [5, 5.41) is 10.8. The Morgan fingerprint density at radius 1 is 1.29 bits per heavy atom. The molecule has 21 heavy (non-hydrogen) atoms. The fourth-order valence-corrected chi connectivity index (χ4v) is 2.28. The van der Waals surface area contributed by atoms with E-state index in [0.29, 0.717) is 16.8 Å². The summed E-state index contributed by atoms with van der Waals surface area (Å²) >= 11 is 0. The van der Waals surface area contributed by atoms with Crippen LogP contribution in [-0.2, 0) is 0 Å². The van der Waals surface area contributed by atoms with E-state index in [1.165, 1.54) is 12.1 Å². The van der Waals surface area contributed by atoms with Crippen molar-refractivity contribution in [2.75, 3.05) is 0 Å². The summed E-state index contributed by atoms with van der Waals surface area (Å²) in [7, 11) is 0. The molecule has 0 unspecified atom stereocenters. The maximum Gasteiger partial charge on any atom is 0.270 e. The summed E-state index contributed by atoms with van der Waals surface area (Å²) in [6, 6.07) is 8.07. The van der Waals surface area contributed by atoms with Crippen LogP contribution in [0.2, 0.25) is 0 Å². The number of carbonyl (C=O) groups is 1. The monoisotopic (exact) mass is 281 g/mol. The van der Waals surface area contributed by atoms with Gasteiger partial charge in [-0.1, -0.05) is 12.1 Å². The van der Waals surface area contributed by atoms with Crippen molar-refractivity contribution < 1.29 is 9.72 Å². The number of nitrogens with zero attached hydrogens (tertiary/aromatic N) is 3. The topological polar surface area (TPSA) is 77.5 Å². The number of nitro benzene ring substituents is 1. The number of aryl methyl sites for hydroxylation is 1. The Hall–Kier alpha value is -3.02. The highest BCUT2D eigenvalue weighted by atomic mass is 16.6. The first kappa shape index (κ1) is 13.0. The van der Waals surface area contributed by atoms with Crippen LogP contribution in [0.25, 0.3) is 16.9 Å². The number of pyridine rings is 1. The van der Waals surface area contributed by atoms with Gasteiger partial charge in [0.05, 0.1) is 10.6 Å². The first-order chi connectivity index (χ1) is 10.1. The first-order valence-electron chi connectivity index (χ1n) is 6.28. The largest absolute Gasteiger partial charge is 0.306 e. The van der Waals surface area contributed by atoms with Crippen molar-refractivity contribution in [1.82, 2.24) is 9.38 Å². The van der Waals surface area contributed by atoms with Gasteiger partial charge in [0.15, 0.2) is 6.29 Å². The highest BCUT2D eigenvalue weighted by molar-refractivity contribution is 5.76. The van der Waals surface area contributed by atoms with Crippen molar-refractivity contribution in [2.45, 2.75) is 6.92 Å². The SMILES string of the molecule is Cc1cc(C=O)cn2cc(-c3cccc([N+](=O)[O-])c3)nc12. The number of imidazole rings is 1. The minimum atomic E-state index is -0.435. The van der Waals surface area contributed by atoms with E-state index in [0.717, 1.165) is 17.5 Å². The van der Waals surface area contributed by atoms with Crippen LogP contribution in [0.3, 0.4) is 0 Å². The molecule has 0 N–H and O–H groups in total. The van der Waals surface area contributed by atoms with Gasteiger partial charge < -0.3 is 4.40 Å². The molecule has 0 saturated carbocycles. The number of aldehydes is 1. The van der Waals surface area contributed by atoms with Crippen molar-refractivity contribution in [1.29, 1.82) is 0 Å². The third kappa shape index (κ3) is 2.27. The molecule has 0 saturated heterocycles. The Bertz CT molecular complexity index is 868. The second-order valence-electron chi connectivity index (χ2n) is 4.74. The van der Waals surface area contributed by atoms with E-state index in [-0.39, 0.29) is 5.69 Å². The maximum absolute atomic E-state index is 10.9. The molecule has 0 spiro atoms. The van der Waals surface area contributed by atoms with Crippen molar-refractivity contribution >= 4 is 17.6 Å². The van der Waals surface area contributed by atoms with Crippen molar-refractivity contribution in [3.8, 4) is 11.3 Å². The number of nitro groups is 1. The lowest BCUT2D eigenvalue weighted by Crippen LogP contribution is -1.91. The average molecular weight is 281 g/mol. The molecule has 0 amide bonds. The molecule has 6 nitrogen and oxygen atoms in total. The summed E-state index contributed by atoms with van der Waals surface area (Å²) in [6.07, 6.45) is 4.22. The van der Waals surface area contributed by atoms with Gasteiger partial charge in [-0.05, 0) is 18.6 Å². The Labute approximate surface area is 119 Å². The fraction of sp³-hybridized carbons (Fsp3) is 0.0667. The van der Waals surface area contributed by atoms with Gasteiger partial charge in [-0.3, -0.25) is 14.9 Å². The molecular weight excluding hydrogens is 270 g/mol. The van der Waals surface area contributed by atoms with Crippen LogP contribution < -0.4 is 0 Å². The van der Waals surface area contributed by atoms with Crippen LogP contribution in [-0.4, -0.2) is 20.6 Å². The standard InChI is InChI=1S/C15H11N3O3/c1-10-5-11(9-19)7-17-8-14(16-15(10)17)12-3-2-4-13(6-12)18(20)21/h2-9H,1H3. The Kier molecular flexibility index (Phi) is 2.98. The molecule has 0 aliphatic rings. The average Bonchev–Trinajstić information content (AvgIpc) is 2.92. The molecule has 2 aromatic heterocycles. The third-order valence-electron chi connectivity index (χ3n) is 3.25. The smallest absolute Gasteiger partial charge is 0.270 e. The van der Waals surface area contributed by atoms with Crippen LogP contribution in [0.4, 0.5) is 5.69 Å². The molecule has 0 aliphatic carbocycles. The zero-order valence-corrected chi connectivity index (χ0v) is 11.2. The molecule has 104 valence electrons. The lowest BCUT2D eigenvalue weighted by Gasteiger charge is -1.98. The second-order valence-corrected chi connectivity index (χ2v) is 4.74. The number of aromatic nitrogens is 2. The van der Waals surface area contributed by atoms with E-state index in [1.54, 1.807) is 35.0 Å². The zero-order chi connectivity index (χ0) is 15.0. The van der Waals surface area contributed by atoms with E-state index >= 15 is 0 Å². The summed E-state index contributed by atoms with van der Waals surface area (Å²) in [6.45, 7) is 1.87. The van der Waals surface area contributed by atoms with Crippen molar-refractivity contribution in [2.24, 2.45) is 0 Å². The molecule has 0 radical (unpaired) electrons. The predicted octanol–water partition coefficient (Wildman–Crippen LogP) is 3.03. The predicted molar refractivity (Wildman–Crippen MR) is 77.4 cm³/mol. The highest BCUT2D eigenvalue weighted by Crippen LogP contribution is 2.24. The summed E-state index contributed by atoms with van der Waals surface area (Å²) in [4.78, 5) is 25.8. The summed E-state index contributed by atoms with van der Waals surface area (Å²) < 4.78 is 1.76. The van der Waals surface area contributed by atoms with E-state index in [2.05, 4.69) is 4.98 Å². The van der Waals surface area contributed by atoms with Gasteiger partial charge in [0.1, 0.15) is 5.65 Å². The lowest BCUT2D eigenvalue weighted by molar-refractivity contribution is -0.384. The maximum atomic E-state index is 10.9. The first-order valence-corrected chi connectivity index (χ1v) is 6.28. The van der Waals surface area contributed by atoms with Gasteiger partial charge in [-0.25, -0.2) is 4.98 Å². The van der Waals surface area contributed by atoms with Crippen LogP contribution in [0.5, 0.6) is 0 Å². The van der Waals surface area contributed by atoms with Gasteiger partial charge in [0.25, 0.3) is 5.69 Å². The number of hydrogen-bond donors (Lipinski definition) is 0. The molecule has 3 aromatic rings. The molecule has 0 atom stereocenters. The fourth-order valence-electron chi connectivity index (χ4n) is 2.28. The van der Waals surface area contributed by atoms with Crippen molar-refractivity contribution in [3.05, 3.63) is 64.0 Å². The molecule has 3 rings (SSSR count). The van der Waals surface area contributed by atoms with Crippen LogP contribution in [0, 0.1) is 17.0 Å². The molecular formula is C15H11N3O3. The molecule has 6 heteroatoms. The Morgan fingerprint density at radius 2 is 2.10 bits per heavy atom. The number of fused-ring (bicyclic) bond motifs is 1. The van der Waals surface area contributed by atoms with Gasteiger partial charge in [-0.2, -0.15) is 0 Å². The van der Waals surface area contributed by atoms with Gasteiger partial charge >= 0.3 is 0 Å². The number of hydrogen-bond acceptors (Lipinski definition) is 4. The molecule has 0 bridgehead atoms. The molecule has 0 aliphatic heterocycles. The van der Waals surface area contributed by atoms with Crippen LogP contribution in [0.15, 0.2) is 42.7 Å². The van der Waals surface area contributed by atoms with E-state index in [1.807, 2.05) is 6.92 Å². The number of carbonyl (C=O) groups excluding carboxylic acids is 1. The highest BCUT2D eigenvalue weighted by Gasteiger charge is 2.11. The normalized spacial score (nSPS) is 10.7. The number of benzene rings is 1. The van der Waals surface area contributed by atoms with E-state index in [9.17, 15) is 14.9 Å². The minimum Gasteiger partial charge on any atom is -0.306 e. The molecule has 0 fully saturated rings. The zero-order valence-electron chi connectivity index (χ0n) is 11.2. The second kappa shape index (κ2) is 4.82. The number of non-ortho nitro benzene ring substituents is 1. The Balaban J connectivity index is 2.17. The molecule has 2 heterocycles.